The summed E-state index contributed by atoms with van der Waals surface area (Å²) in [5, 5.41) is 2.39. The van der Waals surface area contributed by atoms with Gasteiger partial charge in [-0.25, -0.2) is 18.7 Å². The molecule has 1 N–H and O–H groups in total. The van der Waals surface area contributed by atoms with E-state index in [1.54, 1.807) is 18.2 Å². The lowest BCUT2D eigenvalue weighted by Gasteiger charge is -2.34. The quantitative estimate of drug-likeness (QED) is 0.823. The molecule has 6 nitrogen and oxygen atoms in total. The molecule has 1 aromatic heterocycles. The van der Waals surface area contributed by atoms with E-state index in [1.165, 1.54) is 4.90 Å². The van der Waals surface area contributed by atoms with Crippen LogP contribution in [0.2, 0.25) is 0 Å². The molecule has 2 radical (unpaired) electrons. The number of carbonyl (C=O) groups is 2. The Kier molecular flexibility index (Phi) is 3.75. The van der Waals surface area contributed by atoms with Gasteiger partial charge in [0, 0.05) is 18.9 Å². The molecule has 0 saturated heterocycles. The summed E-state index contributed by atoms with van der Waals surface area (Å²) in [5.41, 5.74) is 0.630. The SMILES string of the molecule is [B]c1ccc2c(c1)[C@]1(CC1F)CN(CC(=O)Nc1ncc(F)cn1)C2=O.[HH]. The van der Waals surface area contributed by atoms with E-state index in [1.807, 2.05) is 0 Å². The molecule has 1 aromatic carbocycles. The average molecular weight is 356 g/mol. The van der Waals surface area contributed by atoms with Crippen molar-refractivity contribution in [2.45, 2.75) is 18.0 Å². The third kappa shape index (κ3) is 2.73. The molecule has 132 valence electrons. The zero-order valence-electron chi connectivity index (χ0n) is 13.6. The fourth-order valence-electron chi connectivity index (χ4n) is 3.37. The predicted octanol–water partition coefficient (Wildman–Crippen LogP) is 0.730. The fourth-order valence-corrected chi connectivity index (χ4v) is 3.37. The summed E-state index contributed by atoms with van der Waals surface area (Å²) in [6.45, 7) is -0.182. The van der Waals surface area contributed by atoms with Crippen LogP contribution in [0.4, 0.5) is 14.7 Å². The normalized spacial score (nSPS) is 23.7. The maximum Gasteiger partial charge on any atom is 0.254 e. The van der Waals surface area contributed by atoms with Crippen molar-refractivity contribution in [3.05, 3.63) is 47.5 Å². The van der Waals surface area contributed by atoms with Crippen LogP contribution in [0.5, 0.6) is 0 Å². The number of fused-ring (bicyclic) bond motifs is 2. The summed E-state index contributed by atoms with van der Waals surface area (Å²) in [7, 11) is 5.78. The number of benzene rings is 1. The second-order valence-corrected chi connectivity index (χ2v) is 6.57. The molecule has 1 unspecified atom stereocenters. The van der Waals surface area contributed by atoms with Crippen molar-refractivity contribution in [3.63, 3.8) is 0 Å². The van der Waals surface area contributed by atoms with Crippen LogP contribution in [-0.2, 0) is 10.2 Å². The molecule has 2 amide bonds. The van der Waals surface area contributed by atoms with E-state index in [4.69, 9.17) is 7.85 Å². The number of alkyl halides is 1. The van der Waals surface area contributed by atoms with Crippen LogP contribution in [0.25, 0.3) is 0 Å². The Morgan fingerprint density at radius 1 is 1.42 bits per heavy atom. The van der Waals surface area contributed by atoms with E-state index in [0.29, 0.717) is 16.6 Å². The molecule has 1 saturated carbocycles. The Labute approximate surface area is 150 Å². The van der Waals surface area contributed by atoms with Crippen LogP contribution in [0.3, 0.4) is 0 Å². The van der Waals surface area contributed by atoms with Crippen LogP contribution >= 0.6 is 0 Å². The van der Waals surface area contributed by atoms with Crippen LogP contribution < -0.4 is 10.8 Å². The molecule has 1 fully saturated rings. The first-order valence-corrected chi connectivity index (χ1v) is 8.00. The number of rotatable bonds is 3. The number of amides is 2. The average Bonchev–Trinajstić information content (AvgIpc) is 3.25. The van der Waals surface area contributed by atoms with Gasteiger partial charge in [-0.1, -0.05) is 17.6 Å². The third-order valence-electron chi connectivity index (χ3n) is 4.76. The largest absolute Gasteiger partial charge is 0.328 e. The lowest BCUT2D eigenvalue weighted by molar-refractivity contribution is -0.117. The molecule has 2 aliphatic rings. The van der Waals surface area contributed by atoms with Crippen LogP contribution in [0, 0.1) is 5.82 Å². The second-order valence-electron chi connectivity index (χ2n) is 6.57. The summed E-state index contributed by atoms with van der Waals surface area (Å²) in [6, 6.07) is 4.78. The Bertz CT molecular complexity index is 914. The smallest absolute Gasteiger partial charge is 0.254 e. The minimum atomic E-state index is -1.08. The topological polar surface area (TPSA) is 75.2 Å². The molecule has 2 heterocycles. The van der Waals surface area contributed by atoms with E-state index >= 15 is 0 Å². The van der Waals surface area contributed by atoms with Gasteiger partial charge in [-0.3, -0.25) is 14.9 Å². The van der Waals surface area contributed by atoms with Crippen molar-refractivity contribution in [2.24, 2.45) is 0 Å². The lowest BCUT2D eigenvalue weighted by atomic mass is 9.82. The van der Waals surface area contributed by atoms with Gasteiger partial charge in [-0.2, -0.15) is 0 Å². The van der Waals surface area contributed by atoms with E-state index in [2.05, 4.69) is 15.3 Å². The molecular formula is C17H15BF2N4O2. The maximum atomic E-state index is 14.2. The maximum absolute atomic E-state index is 14.2. The number of nitrogens with zero attached hydrogens (tertiary/aromatic N) is 3. The Balaban J connectivity index is 0.00000210. The standard InChI is InChI=1S/C17H13BF2N4O2.H2/c18-9-1-2-11-12(3-9)17(4-13(17)20)8-24(15(11)26)7-14(25)23-16-21-5-10(19)6-22-16;/h1-3,5-6,13H,4,7-8H2,(H,21,22,23,25);1H/t13?,17-;/m0./s1. The molecule has 9 heteroatoms. The predicted molar refractivity (Wildman–Crippen MR) is 91.7 cm³/mol. The van der Waals surface area contributed by atoms with E-state index in [9.17, 15) is 18.4 Å². The number of halogens is 2. The zero-order valence-corrected chi connectivity index (χ0v) is 13.6. The summed E-state index contributed by atoms with van der Waals surface area (Å²) in [4.78, 5) is 33.5. The number of carbonyl (C=O) groups excluding carboxylic acids is 2. The molecule has 0 bridgehead atoms. The van der Waals surface area contributed by atoms with Gasteiger partial charge in [0.2, 0.25) is 11.9 Å². The highest BCUT2D eigenvalue weighted by atomic mass is 19.1. The summed E-state index contributed by atoms with van der Waals surface area (Å²) >= 11 is 0. The molecule has 1 spiro atoms. The number of aromatic nitrogens is 2. The summed E-state index contributed by atoms with van der Waals surface area (Å²) in [6.07, 6.45) is 1.04. The fraction of sp³-hybridized carbons (Fsp3) is 0.294. The number of hydrogen-bond donors (Lipinski definition) is 1. The van der Waals surface area contributed by atoms with Gasteiger partial charge in [0.25, 0.3) is 5.91 Å². The molecule has 1 aliphatic carbocycles. The van der Waals surface area contributed by atoms with Crippen molar-refractivity contribution < 1.29 is 19.8 Å². The lowest BCUT2D eigenvalue weighted by Crippen LogP contribution is -2.48. The first kappa shape index (κ1) is 16.6. The minimum Gasteiger partial charge on any atom is -0.328 e. The zero-order chi connectivity index (χ0) is 18.5. The first-order valence-electron chi connectivity index (χ1n) is 8.00. The second kappa shape index (κ2) is 5.86. The third-order valence-corrected chi connectivity index (χ3v) is 4.76. The Hall–Kier alpha value is -2.84. The van der Waals surface area contributed by atoms with Crippen LogP contribution in [-0.4, -0.2) is 53.8 Å². The minimum absolute atomic E-state index is 0. The van der Waals surface area contributed by atoms with Gasteiger partial charge in [-0.15, -0.1) is 0 Å². The highest BCUT2D eigenvalue weighted by Gasteiger charge is 2.61. The van der Waals surface area contributed by atoms with Crippen molar-refractivity contribution >= 4 is 31.1 Å². The molecule has 1 aliphatic heterocycles. The van der Waals surface area contributed by atoms with E-state index in [-0.39, 0.29) is 32.8 Å². The van der Waals surface area contributed by atoms with Crippen LogP contribution in [0.1, 0.15) is 23.8 Å². The summed E-state index contributed by atoms with van der Waals surface area (Å²) < 4.78 is 27.0. The van der Waals surface area contributed by atoms with E-state index < -0.39 is 23.3 Å². The molecule has 4 rings (SSSR count). The van der Waals surface area contributed by atoms with Gasteiger partial charge >= 0.3 is 0 Å². The van der Waals surface area contributed by atoms with Gasteiger partial charge in [0.15, 0.2) is 5.82 Å². The molecule has 2 aromatic rings. The number of anilines is 1. The highest BCUT2D eigenvalue weighted by molar-refractivity contribution is 6.32. The van der Waals surface area contributed by atoms with Crippen molar-refractivity contribution in [2.75, 3.05) is 18.4 Å². The Morgan fingerprint density at radius 2 is 2.12 bits per heavy atom. The Morgan fingerprint density at radius 3 is 2.77 bits per heavy atom. The number of hydrogen-bond acceptors (Lipinski definition) is 4. The van der Waals surface area contributed by atoms with Gasteiger partial charge in [-0.05, 0) is 18.1 Å². The van der Waals surface area contributed by atoms with Crippen molar-refractivity contribution in [1.82, 2.24) is 14.9 Å². The van der Waals surface area contributed by atoms with Crippen molar-refractivity contribution in [1.29, 1.82) is 0 Å². The molecule has 26 heavy (non-hydrogen) atoms. The highest BCUT2D eigenvalue weighted by Crippen LogP contribution is 2.54. The van der Waals surface area contributed by atoms with Gasteiger partial charge in [0.1, 0.15) is 20.6 Å². The first-order chi connectivity index (χ1) is 12.4. The van der Waals surface area contributed by atoms with Gasteiger partial charge < -0.3 is 4.90 Å². The van der Waals surface area contributed by atoms with Crippen molar-refractivity contribution in [3.8, 4) is 0 Å². The molecular weight excluding hydrogens is 341 g/mol. The van der Waals surface area contributed by atoms with E-state index in [0.717, 1.165) is 12.4 Å². The van der Waals surface area contributed by atoms with Gasteiger partial charge in [0.05, 0.1) is 12.4 Å². The number of nitrogens with one attached hydrogen (secondary N) is 1. The summed E-state index contributed by atoms with van der Waals surface area (Å²) in [5.74, 6) is -1.61. The monoisotopic (exact) mass is 356 g/mol. The molecule has 2 atom stereocenters. The van der Waals surface area contributed by atoms with Crippen LogP contribution in [0.15, 0.2) is 30.6 Å².